The number of carbonyl (C=O) groups is 1. The van der Waals surface area contributed by atoms with Crippen LogP contribution in [0.1, 0.15) is 18.4 Å². The Morgan fingerprint density at radius 1 is 1.05 bits per heavy atom. The van der Waals surface area contributed by atoms with Gasteiger partial charge in [0, 0.05) is 18.7 Å². The summed E-state index contributed by atoms with van der Waals surface area (Å²) in [6.45, 7) is 1.22. The number of aliphatic carboxylic acids is 1. The highest BCUT2D eigenvalue weighted by atomic mass is 32.2. The van der Waals surface area contributed by atoms with E-state index in [-0.39, 0.29) is 17.9 Å². The van der Waals surface area contributed by atoms with Gasteiger partial charge in [-0.25, -0.2) is 8.42 Å². The van der Waals surface area contributed by atoms with Crippen LogP contribution in [0, 0.1) is 0 Å². The van der Waals surface area contributed by atoms with Gasteiger partial charge in [-0.3, -0.25) is 4.79 Å². The van der Waals surface area contributed by atoms with Crippen LogP contribution in [0.5, 0.6) is 5.75 Å². The highest BCUT2D eigenvalue weighted by Gasteiger charge is 2.47. The number of sulfone groups is 1. The minimum Gasteiger partial charge on any atom is -0.496 e. The normalized spacial score (nSPS) is 19.3. The van der Waals surface area contributed by atoms with E-state index in [0.29, 0.717) is 13.0 Å². The van der Waals surface area contributed by atoms with Crippen molar-refractivity contribution < 1.29 is 23.1 Å². The van der Waals surface area contributed by atoms with Crippen LogP contribution in [-0.4, -0.2) is 69.0 Å². The number of hydrogen-bond donors (Lipinski definition) is 2. The highest BCUT2D eigenvalue weighted by molar-refractivity contribution is 7.93. The molecule has 2 N–H and O–H groups in total. The Balaban J connectivity index is 1.54. The first-order chi connectivity index (χ1) is 17.8. The number of nitrogens with zero attached hydrogens (tertiary/aromatic N) is 1. The lowest BCUT2D eigenvalue weighted by molar-refractivity contribution is -0.139. The van der Waals surface area contributed by atoms with E-state index in [0.717, 1.165) is 35.4 Å². The molecule has 7 nitrogen and oxygen atoms in total. The molecule has 37 heavy (non-hydrogen) atoms. The first-order valence-electron chi connectivity index (χ1n) is 12.4. The molecule has 8 heteroatoms. The molecule has 0 aromatic heterocycles. The van der Waals surface area contributed by atoms with Crippen molar-refractivity contribution in [2.24, 2.45) is 0 Å². The molecule has 0 aliphatic carbocycles. The minimum atomic E-state index is -3.70. The molecule has 1 aliphatic heterocycles. The first kappa shape index (κ1) is 26.9. The molecule has 1 fully saturated rings. The Bertz CT molecular complexity index is 1310. The maximum Gasteiger partial charge on any atom is 0.321 e. The Labute approximate surface area is 219 Å². The van der Waals surface area contributed by atoms with E-state index in [1.165, 1.54) is 0 Å². The smallest absolute Gasteiger partial charge is 0.321 e. The SMILES string of the molecule is COc1ccccc1-c1ccc(C[C@H](NCC2(S(=O)(=O)c3ccccc3)CCCN(C)C2)C(=O)O)cc1. The van der Waals surface area contributed by atoms with Crippen LogP contribution in [-0.2, 0) is 21.1 Å². The predicted octanol–water partition coefficient (Wildman–Crippen LogP) is 3.89. The third-order valence-electron chi connectivity index (χ3n) is 7.13. The Morgan fingerprint density at radius 3 is 2.38 bits per heavy atom. The summed E-state index contributed by atoms with van der Waals surface area (Å²) in [6, 6.07) is 23.0. The van der Waals surface area contributed by atoms with E-state index in [9.17, 15) is 18.3 Å². The van der Waals surface area contributed by atoms with E-state index in [1.54, 1.807) is 37.4 Å². The van der Waals surface area contributed by atoms with Crippen LogP contribution in [0.15, 0.2) is 83.8 Å². The van der Waals surface area contributed by atoms with Crippen molar-refractivity contribution in [3.8, 4) is 16.9 Å². The van der Waals surface area contributed by atoms with Crippen LogP contribution < -0.4 is 10.1 Å². The van der Waals surface area contributed by atoms with Crippen molar-refractivity contribution in [1.82, 2.24) is 10.2 Å². The van der Waals surface area contributed by atoms with Gasteiger partial charge in [0.15, 0.2) is 9.84 Å². The summed E-state index contributed by atoms with van der Waals surface area (Å²) in [5.74, 6) is -0.243. The second kappa shape index (κ2) is 11.5. The summed E-state index contributed by atoms with van der Waals surface area (Å²) < 4.78 is 31.9. The van der Waals surface area contributed by atoms with Gasteiger partial charge in [-0.1, -0.05) is 60.7 Å². The summed E-state index contributed by atoms with van der Waals surface area (Å²) in [4.78, 5) is 14.5. The largest absolute Gasteiger partial charge is 0.496 e. The number of rotatable bonds is 10. The average molecular weight is 523 g/mol. The van der Waals surface area contributed by atoms with Crippen molar-refractivity contribution in [3.63, 3.8) is 0 Å². The number of methoxy groups -OCH3 is 1. The third kappa shape index (κ3) is 5.87. The molecule has 0 spiro atoms. The summed E-state index contributed by atoms with van der Waals surface area (Å²) in [7, 11) is -0.163. The molecule has 1 heterocycles. The summed E-state index contributed by atoms with van der Waals surface area (Å²) in [5, 5.41) is 13.1. The quantitative estimate of drug-likeness (QED) is 0.417. The van der Waals surface area contributed by atoms with Crippen LogP contribution in [0.4, 0.5) is 0 Å². The van der Waals surface area contributed by atoms with Crippen LogP contribution in [0.25, 0.3) is 11.1 Å². The second-order valence-electron chi connectivity index (χ2n) is 9.71. The monoisotopic (exact) mass is 522 g/mol. The fraction of sp³-hybridized carbons (Fsp3) is 0.345. The maximum atomic E-state index is 13.8. The molecular formula is C29H34N2O5S. The fourth-order valence-corrected chi connectivity index (χ4v) is 7.22. The number of nitrogens with one attached hydrogen (secondary N) is 1. The van der Waals surface area contributed by atoms with Crippen LogP contribution in [0.3, 0.4) is 0 Å². The number of carboxylic acids is 1. The molecule has 0 saturated carbocycles. The number of benzene rings is 3. The molecule has 0 bridgehead atoms. The molecule has 196 valence electrons. The molecular weight excluding hydrogens is 488 g/mol. The Kier molecular flexibility index (Phi) is 8.32. The molecule has 1 saturated heterocycles. The van der Waals surface area contributed by atoms with E-state index in [2.05, 4.69) is 5.32 Å². The van der Waals surface area contributed by atoms with Gasteiger partial charge in [0.2, 0.25) is 0 Å². The van der Waals surface area contributed by atoms with Crippen molar-refractivity contribution in [1.29, 1.82) is 0 Å². The van der Waals surface area contributed by atoms with Gasteiger partial charge in [0.25, 0.3) is 0 Å². The zero-order valence-electron chi connectivity index (χ0n) is 21.3. The molecule has 0 radical (unpaired) electrons. The lowest BCUT2D eigenvalue weighted by atomic mass is 9.96. The molecule has 0 amide bonds. The van der Waals surface area contributed by atoms with Crippen LogP contribution in [0.2, 0.25) is 0 Å². The van der Waals surface area contributed by atoms with Gasteiger partial charge in [0.05, 0.1) is 12.0 Å². The van der Waals surface area contributed by atoms with Gasteiger partial charge in [-0.05, 0) is 62.2 Å². The number of likely N-dealkylation sites (tertiary alicyclic amines) is 1. The van der Waals surface area contributed by atoms with Gasteiger partial charge in [0.1, 0.15) is 16.5 Å². The van der Waals surface area contributed by atoms with Gasteiger partial charge in [-0.2, -0.15) is 0 Å². The topological polar surface area (TPSA) is 95.9 Å². The number of ether oxygens (including phenoxy) is 1. The average Bonchev–Trinajstić information content (AvgIpc) is 2.91. The molecule has 3 aromatic rings. The van der Waals surface area contributed by atoms with E-state index in [4.69, 9.17) is 4.74 Å². The van der Waals surface area contributed by atoms with Crippen molar-refractivity contribution >= 4 is 15.8 Å². The highest BCUT2D eigenvalue weighted by Crippen LogP contribution is 2.34. The van der Waals surface area contributed by atoms with Gasteiger partial charge >= 0.3 is 5.97 Å². The Morgan fingerprint density at radius 2 is 1.73 bits per heavy atom. The lowest BCUT2D eigenvalue weighted by Crippen LogP contribution is -2.59. The number of piperidine rings is 1. The molecule has 3 aromatic carbocycles. The first-order valence-corrected chi connectivity index (χ1v) is 13.9. The molecule has 1 aliphatic rings. The third-order valence-corrected chi connectivity index (χ3v) is 9.64. The molecule has 2 atom stereocenters. The standard InChI is InChI=1S/C29H34N2O5S/c1-31-18-8-17-29(21-31,37(34,35)24-9-4-3-5-10-24)20-30-26(28(32)33)19-22-13-15-23(16-14-22)25-11-6-7-12-27(25)36-2/h3-7,9-16,26,30H,8,17-21H2,1-2H3,(H,32,33)/t26-,29?/m0/s1. The second-order valence-corrected chi connectivity index (χ2v) is 12.1. The lowest BCUT2D eigenvalue weighted by Gasteiger charge is -2.41. The fourth-order valence-electron chi connectivity index (χ4n) is 5.12. The van der Waals surface area contributed by atoms with Crippen molar-refractivity contribution in [2.45, 2.75) is 34.9 Å². The zero-order valence-corrected chi connectivity index (χ0v) is 22.1. The van der Waals surface area contributed by atoms with E-state index in [1.807, 2.05) is 60.5 Å². The van der Waals surface area contributed by atoms with Gasteiger partial charge in [-0.15, -0.1) is 0 Å². The summed E-state index contributed by atoms with van der Waals surface area (Å²) in [6.07, 6.45) is 1.44. The molecule has 4 rings (SSSR count). The Hall–Kier alpha value is -3.20. The van der Waals surface area contributed by atoms with Crippen LogP contribution >= 0.6 is 0 Å². The predicted molar refractivity (Wildman–Crippen MR) is 145 cm³/mol. The van der Waals surface area contributed by atoms with Gasteiger partial charge < -0.3 is 20.1 Å². The number of hydrogen-bond acceptors (Lipinski definition) is 6. The summed E-state index contributed by atoms with van der Waals surface area (Å²) in [5.41, 5.74) is 2.78. The summed E-state index contributed by atoms with van der Waals surface area (Å²) >= 11 is 0. The van der Waals surface area contributed by atoms with E-state index >= 15 is 0 Å². The number of carboxylic acid groups (broad SMARTS) is 1. The number of para-hydroxylation sites is 1. The maximum absolute atomic E-state index is 13.8. The van der Waals surface area contributed by atoms with E-state index < -0.39 is 26.6 Å². The zero-order chi connectivity index (χ0) is 26.5. The molecule has 1 unspecified atom stereocenters. The van der Waals surface area contributed by atoms with Crippen molar-refractivity contribution in [2.75, 3.05) is 33.8 Å². The minimum absolute atomic E-state index is 0.0603. The van der Waals surface area contributed by atoms with Crippen molar-refractivity contribution in [3.05, 3.63) is 84.4 Å².